The summed E-state index contributed by atoms with van der Waals surface area (Å²) in [7, 11) is 1.71. The van der Waals surface area contributed by atoms with Crippen LogP contribution in [-0.2, 0) is 4.74 Å². The third-order valence-corrected chi connectivity index (χ3v) is 1.93. The number of hydrogen-bond donors (Lipinski definition) is 1. The predicted molar refractivity (Wildman–Crippen MR) is 35.3 cm³/mol. The molecule has 2 atom stereocenters. The second-order valence-corrected chi connectivity index (χ2v) is 2.68. The second-order valence-electron chi connectivity index (χ2n) is 2.68. The van der Waals surface area contributed by atoms with E-state index < -0.39 is 0 Å². The van der Waals surface area contributed by atoms with E-state index in [-0.39, 0.29) is 6.10 Å². The monoisotopic (exact) mass is 130 g/mol. The molecule has 0 bridgehead atoms. The molecule has 0 amide bonds. The maximum atomic E-state index is 9.13. The van der Waals surface area contributed by atoms with E-state index in [4.69, 9.17) is 9.84 Å². The summed E-state index contributed by atoms with van der Waals surface area (Å²) in [6.45, 7) is 0. The van der Waals surface area contributed by atoms with E-state index >= 15 is 0 Å². The summed E-state index contributed by atoms with van der Waals surface area (Å²) in [6, 6.07) is 0. The highest BCUT2D eigenvalue weighted by Crippen LogP contribution is 2.19. The molecule has 9 heavy (non-hydrogen) atoms. The normalized spacial score (nSPS) is 36.7. The van der Waals surface area contributed by atoms with Gasteiger partial charge >= 0.3 is 0 Å². The van der Waals surface area contributed by atoms with Crippen LogP contribution in [-0.4, -0.2) is 24.4 Å². The first-order valence-electron chi connectivity index (χ1n) is 3.54. The zero-order chi connectivity index (χ0) is 6.69. The van der Waals surface area contributed by atoms with Crippen LogP contribution in [0.25, 0.3) is 0 Å². The van der Waals surface area contributed by atoms with Crippen LogP contribution >= 0.6 is 0 Å². The second kappa shape index (κ2) is 3.18. The van der Waals surface area contributed by atoms with Crippen LogP contribution < -0.4 is 0 Å². The van der Waals surface area contributed by atoms with Crippen LogP contribution in [0.1, 0.15) is 25.7 Å². The van der Waals surface area contributed by atoms with Crippen LogP contribution in [0.5, 0.6) is 0 Å². The number of aliphatic hydroxyl groups is 1. The molecule has 0 aromatic heterocycles. The molecule has 0 aliphatic heterocycles. The molecule has 54 valence electrons. The Morgan fingerprint density at radius 1 is 1.44 bits per heavy atom. The number of aliphatic hydroxyl groups excluding tert-OH is 1. The molecular weight excluding hydrogens is 116 g/mol. The van der Waals surface area contributed by atoms with E-state index in [9.17, 15) is 0 Å². The van der Waals surface area contributed by atoms with Gasteiger partial charge in [0.1, 0.15) is 0 Å². The highest BCUT2D eigenvalue weighted by molar-refractivity contribution is 4.71. The zero-order valence-electron chi connectivity index (χ0n) is 5.84. The molecule has 1 N–H and O–H groups in total. The third kappa shape index (κ3) is 1.95. The molecule has 0 aromatic rings. The Bertz CT molecular complexity index is 83.0. The Balaban J connectivity index is 2.23. The van der Waals surface area contributed by atoms with Crippen molar-refractivity contribution < 1.29 is 9.84 Å². The number of hydrogen-bond acceptors (Lipinski definition) is 2. The molecule has 2 heteroatoms. The summed E-state index contributed by atoms with van der Waals surface area (Å²) < 4.78 is 5.10. The van der Waals surface area contributed by atoms with E-state index in [0.29, 0.717) is 6.10 Å². The van der Waals surface area contributed by atoms with Gasteiger partial charge in [-0.2, -0.15) is 0 Å². The van der Waals surface area contributed by atoms with Gasteiger partial charge in [-0.15, -0.1) is 0 Å². The van der Waals surface area contributed by atoms with Crippen molar-refractivity contribution in [1.82, 2.24) is 0 Å². The minimum atomic E-state index is -0.108. The summed E-state index contributed by atoms with van der Waals surface area (Å²) in [5, 5.41) is 9.13. The summed E-state index contributed by atoms with van der Waals surface area (Å²) in [5.74, 6) is 0. The van der Waals surface area contributed by atoms with Crippen LogP contribution in [0, 0.1) is 0 Å². The van der Waals surface area contributed by atoms with Crippen LogP contribution in [0.3, 0.4) is 0 Å². The van der Waals surface area contributed by atoms with Crippen molar-refractivity contribution in [2.24, 2.45) is 0 Å². The van der Waals surface area contributed by atoms with Gasteiger partial charge in [0, 0.05) is 7.11 Å². The van der Waals surface area contributed by atoms with Gasteiger partial charge in [0.2, 0.25) is 0 Å². The van der Waals surface area contributed by atoms with Crippen LogP contribution in [0.2, 0.25) is 0 Å². The molecule has 0 aromatic carbocycles. The van der Waals surface area contributed by atoms with Crippen molar-refractivity contribution in [3.8, 4) is 0 Å². The molecule has 2 nitrogen and oxygen atoms in total. The van der Waals surface area contributed by atoms with Gasteiger partial charge in [-0.05, 0) is 25.7 Å². The average molecular weight is 130 g/mol. The summed E-state index contributed by atoms with van der Waals surface area (Å²) in [4.78, 5) is 0. The van der Waals surface area contributed by atoms with E-state index in [0.717, 1.165) is 25.7 Å². The minimum absolute atomic E-state index is 0.108. The Labute approximate surface area is 55.8 Å². The van der Waals surface area contributed by atoms with E-state index in [1.165, 1.54) is 0 Å². The largest absolute Gasteiger partial charge is 0.393 e. The molecule has 1 aliphatic carbocycles. The Morgan fingerprint density at radius 3 is 2.67 bits per heavy atom. The molecule has 1 fully saturated rings. The molecule has 1 aliphatic rings. The molecule has 0 heterocycles. The van der Waals surface area contributed by atoms with Gasteiger partial charge in [0.25, 0.3) is 0 Å². The van der Waals surface area contributed by atoms with Gasteiger partial charge < -0.3 is 9.84 Å². The maximum absolute atomic E-state index is 9.13. The van der Waals surface area contributed by atoms with Crippen molar-refractivity contribution in [2.75, 3.05) is 7.11 Å². The minimum Gasteiger partial charge on any atom is -0.393 e. The topological polar surface area (TPSA) is 29.5 Å². The molecule has 0 unspecified atom stereocenters. The number of ether oxygens (including phenoxy) is 1. The third-order valence-electron chi connectivity index (χ3n) is 1.93. The SMILES string of the molecule is CO[C@H]1CCC[C@@H](O)C1. The average Bonchev–Trinajstić information content (AvgIpc) is 1.88. The first kappa shape index (κ1) is 7.03. The summed E-state index contributed by atoms with van der Waals surface area (Å²) in [6.07, 6.45) is 4.22. The van der Waals surface area contributed by atoms with Gasteiger partial charge in [0.05, 0.1) is 12.2 Å². The van der Waals surface area contributed by atoms with Gasteiger partial charge in [0.15, 0.2) is 0 Å². The maximum Gasteiger partial charge on any atom is 0.0596 e. The fourth-order valence-corrected chi connectivity index (χ4v) is 1.33. The van der Waals surface area contributed by atoms with Gasteiger partial charge in [-0.25, -0.2) is 0 Å². The van der Waals surface area contributed by atoms with Crippen molar-refractivity contribution in [1.29, 1.82) is 0 Å². The number of methoxy groups -OCH3 is 1. The molecule has 0 spiro atoms. The highest BCUT2D eigenvalue weighted by Gasteiger charge is 2.18. The molecule has 0 radical (unpaired) electrons. The lowest BCUT2D eigenvalue weighted by molar-refractivity contribution is 0.0115. The quantitative estimate of drug-likeness (QED) is 0.572. The van der Waals surface area contributed by atoms with Crippen LogP contribution in [0.4, 0.5) is 0 Å². The van der Waals surface area contributed by atoms with E-state index in [1.807, 2.05) is 0 Å². The Kier molecular flexibility index (Phi) is 2.49. The first-order chi connectivity index (χ1) is 4.33. The van der Waals surface area contributed by atoms with E-state index in [1.54, 1.807) is 7.11 Å². The fraction of sp³-hybridized carbons (Fsp3) is 1.00. The smallest absolute Gasteiger partial charge is 0.0596 e. The Hall–Kier alpha value is -0.0800. The lowest BCUT2D eigenvalue weighted by atomic mass is 9.95. The van der Waals surface area contributed by atoms with Gasteiger partial charge in [-0.3, -0.25) is 0 Å². The standard InChI is InChI=1S/C7H14O2/c1-9-7-4-2-3-6(8)5-7/h6-8H,2-5H2,1H3/t6-,7+/m1/s1. The molecular formula is C7H14O2. The predicted octanol–water partition coefficient (Wildman–Crippen LogP) is 0.936. The van der Waals surface area contributed by atoms with Crippen molar-refractivity contribution in [3.63, 3.8) is 0 Å². The lowest BCUT2D eigenvalue weighted by Crippen LogP contribution is -2.24. The van der Waals surface area contributed by atoms with E-state index in [2.05, 4.69) is 0 Å². The van der Waals surface area contributed by atoms with Gasteiger partial charge in [-0.1, -0.05) is 0 Å². The summed E-state index contributed by atoms with van der Waals surface area (Å²) in [5.41, 5.74) is 0. The Morgan fingerprint density at radius 2 is 2.22 bits per heavy atom. The zero-order valence-corrected chi connectivity index (χ0v) is 5.84. The lowest BCUT2D eigenvalue weighted by Gasteiger charge is -2.24. The number of rotatable bonds is 1. The first-order valence-corrected chi connectivity index (χ1v) is 3.54. The van der Waals surface area contributed by atoms with Crippen molar-refractivity contribution >= 4 is 0 Å². The van der Waals surface area contributed by atoms with Crippen LogP contribution in [0.15, 0.2) is 0 Å². The van der Waals surface area contributed by atoms with Crippen molar-refractivity contribution in [3.05, 3.63) is 0 Å². The fourth-order valence-electron chi connectivity index (χ4n) is 1.33. The molecule has 1 saturated carbocycles. The molecule has 0 saturated heterocycles. The van der Waals surface area contributed by atoms with Crippen molar-refractivity contribution in [2.45, 2.75) is 37.9 Å². The highest BCUT2D eigenvalue weighted by atomic mass is 16.5. The molecule has 1 rings (SSSR count). The summed E-state index contributed by atoms with van der Waals surface area (Å²) >= 11 is 0.